The lowest BCUT2D eigenvalue weighted by Gasteiger charge is -2.10. The molecule has 1 atom stereocenters. The van der Waals surface area contributed by atoms with Crippen molar-refractivity contribution in [3.63, 3.8) is 0 Å². The molecule has 2 rings (SSSR count). The molecule has 1 aliphatic heterocycles. The third-order valence-corrected chi connectivity index (χ3v) is 4.40. The topological polar surface area (TPSA) is 41.5 Å². The summed E-state index contributed by atoms with van der Waals surface area (Å²) in [6, 6.07) is 8.87. The van der Waals surface area contributed by atoms with Gasteiger partial charge in [-0.3, -0.25) is 4.52 Å². The van der Waals surface area contributed by atoms with Gasteiger partial charge in [0.15, 0.2) is 5.75 Å². The van der Waals surface area contributed by atoms with Gasteiger partial charge in [0.25, 0.3) is 12.5 Å². The Morgan fingerprint density at radius 3 is 2.56 bits per heavy atom. The lowest BCUT2D eigenvalue weighted by atomic mass is 10.3. The molecule has 1 aliphatic rings. The zero-order valence-corrected chi connectivity index (χ0v) is 10.6. The van der Waals surface area contributed by atoms with Crippen LogP contribution in [-0.2, 0) is 4.74 Å². The zero-order chi connectivity index (χ0) is 11.6. The second-order valence-corrected chi connectivity index (χ2v) is 5.72. The smallest absolute Gasteiger partial charge is 0.283 e. The van der Waals surface area contributed by atoms with Crippen LogP contribution in [0.3, 0.4) is 0 Å². The molecule has 1 fully saturated rings. The Balaban J connectivity index is 2.19. The molecule has 0 bridgehead atoms. The van der Waals surface area contributed by atoms with Crippen LogP contribution in [0.1, 0.15) is 6.42 Å². The fourth-order valence-corrected chi connectivity index (χ4v) is 3.07. The molecule has 1 aromatic rings. The Hall–Kier alpha value is -0.310. The van der Waals surface area contributed by atoms with Crippen molar-refractivity contribution in [3.05, 3.63) is 30.3 Å². The van der Waals surface area contributed by atoms with E-state index in [-0.39, 0.29) is 0 Å². The summed E-state index contributed by atoms with van der Waals surface area (Å²) in [5.74, 6) is 0.521. The third kappa shape index (κ3) is 2.68. The number of ether oxygens (including phenoxy) is 1. The molecule has 0 saturated carbocycles. The van der Waals surface area contributed by atoms with E-state index in [1.54, 1.807) is 24.3 Å². The van der Waals surface area contributed by atoms with E-state index < -0.39 is 12.5 Å². The number of hydrogen-bond donors (Lipinski definition) is 0. The molecular formula is C10H9Cl2O3P. The third-order valence-electron chi connectivity index (χ3n) is 2.11. The van der Waals surface area contributed by atoms with Crippen molar-refractivity contribution < 1.29 is 14.2 Å². The van der Waals surface area contributed by atoms with E-state index >= 15 is 0 Å². The zero-order valence-electron chi connectivity index (χ0n) is 8.23. The number of halogens is 2. The molecule has 0 spiro atoms. The van der Waals surface area contributed by atoms with Crippen molar-refractivity contribution in [2.75, 3.05) is 6.61 Å². The van der Waals surface area contributed by atoms with Gasteiger partial charge in [-0.2, -0.15) is 0 Å². The molecule has 1 unspecified atom stereocenters. The largest absolute Gasteiger partial charge is 0.595 e. The summed E-state index contributed by atoms with van der Waals surface area (Å²) in [4.78, 5) is 11.9. The minimum Gasteiger partial charge on any atom is -0.595 e. The highest BCUT2D eigenvalue weighted by Crippen LogP contribution is 2.38. The Kier molecular flexibility index (Phi) is 3.73. The first-order valence-electron chi connectivity index (χ1n) is 4.68. The summed E-state index contributed by atoms with van der Waals surface area (Å²) in [6.45, 7) is 0.363. The molecule has 1 saturated heterocycles. The van der Waals surface area contributed by atoms with Crippen molar-refractivity contribution in [1.82, 2.24) is 0 Å². The maximum atomic E-state index is 11.9. The first-order valence-corrected chi connectivity index (χ1v) is 6.61. The van der Waals surface area contributed by atoms with E-state index in [0.29, 0.717) is 24.1 Å². The van der Waals surface area contributed by atoms with Gasteiger partial charge in [-0.25, -0.2) is 0 Å². The molecule has 16 heavy (non-hydrogen) atoms. The second-order valence-electron chi connectivity index (χ2n) is 3.22. The predicted molar refractivity (Wildman–Crippen MR) is 64.0 cm³/mol. The fourth-order valence-electron chi connectivity index (χ4n) is 1.33. The van der Waals surface area contributed by atoms with Gasteiger partial charge in [0.05, 0.1) is 6.61 Å². The molecule has 0 amide bonds. The van der Waals surface area contributed by atoms with Gasteiger partial charge in [-0.05, 0) is 12.1 Å². The molecule has 3 nitrogen and oxygen atoms in total. The number of benzene rings is 1. The average Bonchev–Trinajstić information content (AvgIpc) is 2.59. The van der Waals surface area contributed by atoms with Crippen LogP contribution in [0, 0.1) is 0 Å². The molecule has 86 valence electrons. The number of hydrogen-bond acceptors (Lipinski definition) is 3. The summed E-state index contributed by atoms with van der Waals surface area (Å²) in [6.07, 6.45) is 0.453. The van der Waals surface area contributed by atoms with Gasteiger partial charge >= 0.3 is 0 Å². The Labute approximate surface area is 104 Å². The normalized spacial score (nSPS) is 21.9. The van der Waals surface area contributed by atoms with Gasteiger partial charge < -0.3 is 9.63 Å². The van der Waals surface area contributed by atoms with Crippen LogP contribution in [0.2, 0.25) is 0 Å². The highest BCUT2D eigenvalue weighted by molar-refractivity contribution is 7.48. The molecule has 0 radical (unpaired) electrons. The van der Waals surface area contributed by atoms with E-state index in [9.17, 15) is 4.89 Å². The molecule has 1 heterocycles. The number of para-hydroxylation sites is 1. The summed E-state index contributed by atoms with van der Waals surface area (Å²) < 4.78 is 8.82. The van der Waals surface area contributed by atoms with Crippen LogP contribution >= 0.6 is 31.2 Å². The van der Waals surface area contributed by atoms with Crippen LogP contribution in [0.25, 0.3) is 0 Å². The molecular weight excluding hydrogens is 270 g/mol. The minimum atomic E-state index is -2.07. The standard InChI is InChI=1S/C10H9Cl2O3P/c11-10(12)9(6-7-14-10)16(13)15-8-4-2-1-3-5-8/h1-5H,6-7H2. The quantitative estimate of drug-likeness (QED) is 0.617. The SMILES string of the molecule is [O-][P+](Oc1ccccc1)=C1CCOC1(Cl)Cl. The fraction of sp³-hybridized carbons (Fsp3) is 0.300. The Morgan fingerprint density at radius 1 is 1.31 bits per heavy atom. The van der Waals surface area contributed by atoms with Crippen LogP contribution in [-0.4, -0.2) is 16.4 Å². The number of rotatable bonds is 2. The van der Waals surface area contributed by atoms with Crippen molar-refractivity contribution in [2.24, 2.45) is 0 Å². The molecule has 0 aromatic heterocycles. The van der Waals surface area contributed by atoms with Gasteiger partial charge in [0, 0.05) is 6.42 Å². The molecule has 0 aliphatic carbocycles. The first kappa shape index (κ1) is 12.2. The van der Waals surface area contributed by atoms with Gasteiger partial charge in [0.2, 0.25) is 5.29 Å². The lowest BCUT2D eigenvalue weighted by Crippen LogP contribution is -2.22. The summed E-state index contributed by atoms with van der Waals surface area (Å²) >= 11 is 11.7. The van der Waals surface area contributed by atoms with E-state index in [1.807, 2.05) is 6.07 Å². The maximum absolute atomic E-state index is 11.9. The van der Waals surface area contributed by atoms with Crippen LogP contribution in [0.5, 0.6) is 5.75 Å². The van der Waals surface area contributed by atoms with E-state index in [1.165, 1.54) is 0 Å². The average molecular weight is 279 g/mol. The van der Waals surface area contributed by atoms with Crippen molar-refractivity contribution in [3.8, 4) is 5.75 Å². The highest BCUT2D eigenvalue weighted by Gasteiger charge is 2.44. The van der Waals surface area contributed by atoms with E-state index in [4.69, 9.17) is 32.5 Å². The van der Waals surface area contributed by atoms with Crippen molar-refractivity contribution in [2.45, 2.75) is 10.9 Å². The van der Waals surface area contributed by atoms with Gasteiger partial charge in [-0.15, -0.1) is 0 Å². The Morgan fingerprint density at radius 2 is 2.00 bits per heavy atom. The van der Waals surface area contributed by atoms with E-state index in [0.717, 1.165) is 0 Å². The molecule has 6 heteroatoms. The summed E-state index contributed by atoms with van der Waals surface area (Å²) in [5.41, 5.74) is 0. The molecule has 1 aromatic carbocycles. The van der Waals surface area contributed by atoms with Gasteiger partial charge in [-0.1, -0.05) is 41.4 Å². The Bertz CT molecular complexity index is 406. The lowest BCUT2D eigenvalue weighted by molar-refractivity contribution is -0.165. The van der Waals surface area contributed by atoms with Crippen LogP contribution < -0.4 is 9.42 Å². The van der Waals surface area contributed by atoms with Crippen LogP contribution in [0.4, 0.5) is 0 Å². The second kappa shape index (κ2) is 4.91. The number of alkyl halides is 2. The maximum Gasteiger partial charge on any atom is 0.283 e. The monoisotopic (exact) mass is 278 g/mol. The highest BCUT2D eigenvalue weighted by atomic mass is 35.5. The van der Waals surface area contributed by atoms with Crippen molar-refractivity contribution >= 4 is 36.5 Å². The van der Waals surface area contributed by atoms with Crippen LogP contribution in [0.15, 0.2) is 30.3 Å². The van der Waals surface area contributed by atoms with Gasteiger partial charge in [0.1, 0.15) is 0 Å². The minimum absolute atomic E-state index is 0.363. The summed E-state index contributed by atoms with van der Waals surface area (Å²) in [5, 5.41) is 0.384. The predicted octanol–water partition coefficient (Wildman–Crippen LogP) is 2.46. The summed E-state index contributed by atoms with van der Waals surface area (Å²) in [7, 11) is -2.07. The van der Waals surface area contributed by atoms with Crippen molar-refractivity contribution in [1.29, 1.82) is 0 Å². The van der Waals surface area contributed by atoms with E-state index in [2.05, 4.69) is 0 Å². The molecule has 0 N–H and O–H groups in total. The first-order chi connectivity index (χ1) is 7.59.